The first-order chi connectivity index (χ1) is 16.9. The maximum atomic E-state index is 13.3. The lowest BCUT2D eigenvalue weighted by Crippen LogP contribution is -2.49. The van der Waals surface area contributed by atoms with Crippen molar-refractivity contribution in [2.24, 2.45) is 11.3 Å². The summed E-state index contributed by atoms with van der Waals surface area (Å²) in [6.07, 6.45) is 4.77. The zero-order chi connectivity index (χ0) is 25.1. The number of rotatable bonds is 10. The Morgan fingerprint density at radius 2 is 1.86 bits per heavy atom. The SMILES string of the molecule is CC(C)(CC(OC(=O)N1CCOCC1)C(=O)NC(C#N)COCc1ccccc1)C1CCCCC1. The van der Waals surface area contributed by atoms with Crippen LogP contribution in [0.2, 0.25) is 0 Å². The van der Waals surface area contributed by atoms with E-state index in [4.69, 9.17) is 14.2 Å². The van der Waals surface area contributed by atoms with Crippen molar-refractivity contribution in [2.75, 3.05) is 32.9 Å². The molecule has 35 heavy (non-hydrogen) atoms. The van der Waals surface area contributed by atoms with E-state index in [1.54, 1.807) is 4.90 Å². The Kier molecular flexibility index (Phi) is 10.4. The smallest absolute Gasteiger partial charge is 0.410 e. The molecule has 2 atom stereocenters. The molecule has 1 aromatic rings. The molecule has 0 aromatic heterocycles. The van der Waals surface area contributed by atoms with Crippen LogP contribution in [0.15, 0.2) is 30.3 Å². The molecule has 2 aliphatic rings. The van der Waals surface area contributed by atoms with Crippen molar-refractivity contribution in [1.29, 1.82) is 5.26 Å². The fourth-order valence-corrected chi connectivity index (χ4v) is 4.90. The average molecular weight is 486 g/mol. The summed E-state index contributed by atoms with van der Waals surface area (Å²) in [5.74, 6) is 0.0139. The molecule has 1 aromatic carbocycles. The molecule has 1 saturated heterocycles. The van der Waals surface area contributed by atoms with Crippen LogP contribution >= 0.6 is 0 Å². The molecular formula is C27H39N3O5. The van der Waals surface area contributed by atoms with E-state index in [2.05, 4.69) is 25.2 Å². The minimum absolute atomic E-state index is 0.0489. The summed E-state index contributed by atoms with van der Waals surface area (Å²) in [7, 11) is 0. The highest BCUT2D eigenvalue weighted by atomic mass is 16.6. The van der Waals surface area contributed by atoms with E-state index in [-0.39, 0.29) is 12.0 Å². The molecule has 1 aliphatic carbocycles. The molecule has 1 saturated carbocycles. The highest BCUT2D eigenvalue weighted by Crippen LogP contribution is 2.41. The van der Waals surface area contributed by atoms with E-state index in [0.29, 0.717) is 45.2 Å². The summed E-state index contributed by atoms with van der Waals surface area (Å²) in [4.78, 5) is 27.7. The summed E-state index contributed by atoms with van der Waals surface area (Å²) in [5, 5.41) is 12.3. The van der Waals surface area contributed by atoms with Crippen molar-refractivity contribution in [3.8, 4) is 6.07 Å². The number of benzene rings is 1. The normalized spacial score (nSPS) is 18.8. The third-order valence-corrected chi connectivity index (χ3v) is 7.10. The zero-order valence-corrected chi connectivity index (χ0v) is 21.0. The van der Waals surface area contributed by atoms with E-state index >= 15 is 0 Å². The van der Waals surface area contributed by atoms with E-state index in [1.807, 2.05) is 30.3 Å². The van der Waals surface area contributed by atoms with Crippen LogP contribution in [-0.4, -0.2) is 62.0 Å². The number of morpholine rings is 1. The fourth-order valence-electron chi connectivity index (χ4n) is 4.90. The standard InChI is InChI=1S/C27H39N3O5/c1-27(2,22-11-7-4-8-12-22)17-24(35-26(32)30-13-15-33-16-14-30)25(31)29-23(18-28)20-34-19-21-9-5-3-6-10-21/h3,5-6,9-10,22-24H,4,7-8,11-17,19-20H2,1-2H3,(H,29,31). The summed E-state index contributed by atoms with van der Waals surface area (Å²) < 4.78 is 16.7. The number of carbonyl (C=O) groups is 2. The number of amides is 2. The van der Waals surface area contributed by atoms with Crippen LogP contribution in [0.4, 0.5) is 4.79 Å². The first kappa shape index (κ1) is 27.0. The van der Waals surface area contributed by atoms with E-state index in [0.717, 1.165) is 18.4 Å². The highest BCUT2D eigenvalue weighted by molar-refractivity contribution is 5.84. The van der Waals surface area contributed by atoms with Crippen molar-refractivity contribution in [1.82, 2.24) is 10.2 Å². The van der Waals surface area contributed by atoms with Crippen LogP contribution in [0.5, 0.6) is 0 Å². The molecule has 1 heterocycles. The maximum Gasteiger partial charge on any atom is 0.410 e. The minimum Gasteiger partial charge on any atom is -0.436 e. The number of hydrogen-bond acceptors (Lipinski definition) is 6. The topological polar surface area (TPSA) is 101 Å². The minimum atomic E-state index is -0.979. The second-order valence-corrected chi connectivity index (χ2v) is 10.2. The second kappa shape index (κ2) is 13.5. The van der Waals surface area contributed by atoms with Crippen LogP contribution in [0.25, 0.3) is 0 Å². The van der Waals surface area contributed by atoms with Crippen molar-refractivity contribution >= 4 is 12.0 Å². The lowest BCUT2D eigenvalue weighted by atomic mass is 9.68. The van der Waals surface area contributed by atoms with Crippen molar-refractivity contribution in [2.45, 2.75) is 71.1 Å². The maximum absolute atomic E-state index is 13.3. The average Bonchev–Trinajstić information content (AvgIpc) is 2.89. The number of ether oxygens (including phenoxy) is 3. The van der Waals surface area contributed by atoms with Gasteiger partial charge in [-0.2, -0.15) is 5.26 Å². The van der Waals surface area contributed by atoms with Gasteiger partial charge >= 0.3 is 6.09 Å². The molecule has 1 N–H and O–H groups in total. The van der Waals surface area contributed by atoms with Gasteiger partial charge in [-0.05, 0) is 36.2 Å². The summed E-state index contributed by atoms with van der Waals surface area (Å²) in [5.41, 5.74) is 0.807. The Morgan fingerprint density at radius 3 is 2.51 bits per heavy atom. The van der Waals surface area contributed by atoms with Crippen LogP contribution in [0.3, 0.4) is 0 Å². The van der Waals surface area contributed by atoms with Crippen LogP contribution in [0, 0.1) is 22.7 Å². The Labute approximate surface area is 208 Å². The Morgan fingerprint density at radius 1 is 1.17 bits per heavy atom. The molecule has 2 fully saturated rings. The summed E-state index contributed by atoms with van der Waals surface area (Å²) in [6, 6.07) is 10.9. The predicted molar refractivity (Wildman–Crippen MR) is 131 cm³/mol. The van der Waals surface area contributed by atoms with E-state index < -0.39 is 24.1 Å². The lowest BCUT2D eigenvalue weighted by molar-refractivity contribution is -0.133. The fraction of sp³-hybridized carbons (Fsp3) is 0.667. The van der Waals surface area contributed by atoms with Gasteiger partial charge in [0.05, 0.1) is 32.5 Å². The van der Waals surface area contributed by atoms with Gasteiger partial charge in [0.15, 0.2) is 6.10 Å². The van der Waals surface area contributed by atoms with Gasteiger partial charge in [0.2, 0.25) is 0 Å². The summed E-state index contributed by atoms with van der Waals surface area (Å²) in [6.45, 7) is 6.48. The third-order valence-electron chi connectivity index (χ3n) is 7.10. The largest absolute Gasteiger partial charge is 0.436 e. The molecular weight excluding hydrogens is 446 g/mol. The molecule has 3 rings (SSSR count). The number of nitriles is 1. The molecule has 0 bridgehead atoms. The van der Waals surface area contributed by atoms with Gasteiger partial charge in [-0.25, -0.2) is 4.79 Å². The Hall–Kier alpha value is -2.63. The monoisotopic (exact) mass is 485 g/mol. The first-order valence-electron chi connectivity index (χ1n) is 12.7. The van der Waals surface area contributed by atoms with E-state index in [1.165, 1.54) is 19.3 Å². The zero-order valence-electron chi connectivity index (χ0n) is 21.0. The molecule has 8 nitrogen and oxygen atoms in total. The quantitative estimate of drug-likeness (QED) is 0.537. The number of hydrogen-bond donors (Lipinski definition) is 1. The molecule has 2 amide bonds. The van der Waals surface area contributed by atoms with Gasteiger partial charge in [-0.15, -0.1) is 0 Å². The van der Waals surface area contributed by atoms with Crippen molar-refractivity contribution in [3.05, 3.63) is 35.9 Å². The number of carbonyl (C=O) groups excluding carboxylic acids is 2. The lowest BCUT2D eigenvalue weighted by Gasteiger charge is -2.39. The summed E-state index contributed by atoms with van der Waals surface area (Å²) >= 11 is 0. The van der Waals surface area contributed by atoms with Gasteiger partial charge in [-0.1, -0.05) is 63.4 Å². The molecule has 0 radical (unpaired) electrons. The first-order valence-corrected chi connectivity index (χ1v) is 12.7. The van der Waals surface area contributed by atoms with Crippen LogP contribution < -0.4 is 5.32 Å². The second-order valence-electron chi connectivity index (χ2n) is 10.2. The van der Waals surface area contributed by atoms with Gasteiger partial charge in [0, 0.05) is 13.1 Å². The number of nitrogens with one attached hydrogen (secondary N) is 1. The molecule has 1 aliphatic heterocycles. The van der Waals surface area contributed by atoms with E-state index in [9.17, 15) is 14.9 Å². The van der Waals surface area contributed by atoms with Crippen LogP contribution in [-0.2, 0) is 25.6 Å². The van der Waals surface area contributed by atoms with Gasteiger partial charge in [0.25, 0.3) is 5.91 Å². The van der Waals surface area contributed by atoms with Crippen molar-refractivity contribution < 1.29 is 23.8 Å². The number of nitrogens with zero attached hydrogens (tertiary/aromatic N) is 2. The molecule has 8 heteroatoms. The third kappa shape index (κ3) is 8.52. The van der Waals surface area contributed by atoms with Crippen molar-refractivity contribution in [3.63, 3.8) is 0 Å². The Bertz CT molecular complexity index is 842. The van der Waals surface area contributed by atoms with Gasteiger partial charge in [0.1, 0.15) is 6.04 Å². The molecule has 192 valence electrons. The predicted octanol–water partition coefficient (Wildman–Crippen LogP) is 4.05. The van der Waals surface area contributed by atoms with Crippen LogP contribution in [0.1, 0.15) is 57.9 Å². The molecule has 0 spiro atoms. The molecule has 2 unspecified atom stereocenters. The Balaban J connectivity index is 1.62. The van der Waals surface area contributed by atoms with Gasteiger partial charge < -0.3 is 24.4 Å². The van der Waals surface area contributed by atoms with Gasteiger partial charge in [-0.3, -0.25) is 4.79 Å². The highest BCUT2D eigenvalue weighted by Gasteiger charge is 2.38.